The summed E-state index contributed by atoms with van der Waals surface area (Å²) >= 11 is 1.47. The second-order valence-electron chi connectivity index (χ2n) is 3.66. The van der Waals surface area contributed by atoms with Crippen LogP contribution in [0.1, 0.15) is 6.42 Å². The summed E-state index contributed by atoms with van der Waals surface area (Å²) in [6.45, 7) is 2.59. The van der Waals surface area contributed by atoms with Gasteiger partial charge in [-0.05, 0) is 38.5 Å². The summed E-state index contributed by atoms with van der Waals surface area (Å²) in [7, 11) is -1.92. The maximum atomic E-state index is 11.9. The smallest absolute Gasteiger partial charge is 0.240 e. The summed E-state index contributed by atoms with van der Waals surface area (Å²) in [4.78, 5) is 0.315. The monoisotopic (exact) mass is 307 g/mol. The van der Waals surface area contributed by atoms with E-state index in [0.29, 0.717) is 11.4 Å². The molecule has 0 heterocycles. The van der Waals surface area contributed by atoms with Gasteiger partial charge in [-0.25, -0.2) is 13.1 Å². The topological polar surface area (TPSA) is 55.4 Å². The normalized spacial score (nSPS) is 13.4. The third-order valence-electron chi connectivity index (χ3n) is 2.20. The highest BCUT2D eigenvalue weighted by Gasteiger charge is 2.12. The van der Waals surface area contributed by atoms with Crippen molar-refractivity contribution in [3.8, 4) is 0 Å². The Morgan fingerprint density at radius 1 is 1.33 bits per heavy atom. The van der Waals surface area contributed by atoms with E-state index >= 15 is 0 Å². The summed E-state index contributed by atoms with van der Waals surface area (Å²) in [6.07, 6.45) is 1.80. The molecule has 0 saturated heterocycles. The van der Waals surface area contributed by atoms with Crippen molar-refractivity contribution < 1.29 is 12.6 Å². The van der Waals surface area contributed by atoms with Crippen LogP contribution in [0.3, 0.4) is 0 Å². The van der Waals surface area contributed by atoms with Crippen LogP contribution < -0.4 is 4.72 Å². The first kappa shape index (κ1) is 15.9. The maximum absolute atomic E-state index is 11.9. The van der Waals surface area contributed by atoms with Crippen molar-refractivity contribution in [3.05, 3.63) is 30.3 Å². The lowest BCUT2D eigenvalue weighted by molar-refractivity contribution is 0.497. The molecule has 7 heteroatoms. The molecule has 0 amide bonds. The molecule has 1 rings (SSSR count). The van der Waals surface area contributed by atoms with Crippen LogP contribution >= 0.6 is 18.8 Å². The Morgan fingerprint density at radius 3 is 2.61 bits per heavy atom. The van der Waals surface area contributed by atoms with Gasteiger partial charge < -0.3 is 4.18 Å². The molecule has 1 N–H and O–H groups in total. The minimum Gasteiger partial charge on any atom is -0.314 e. The van der Waals surface area contributed by atoms with E-state index in [4.69, 9.17) is 4.18 Å². The van der Waals surface area contributed by atoms with Gasteiger partial charge in [0, 0.05) is 18.2 Å². The Kier molecular flexibility index (Phi) is 7.19. The van der Waals surface area contributed by atoms with Crippen LogP contribution in [0.4, 0.5) is 0 Å². The fourth-order valence-electron chi connectivity index (χ4n) is 1.36. The minimum absolute atomic E-state index is 0.223. The van der Waals surface area contributed by atoms with E-state index in [2.05, 4.69) is 11.4 Å². The highest BCUT2D eigenvalue weighted by molar-refractivity contribution is 8.53. The highest BCUT2D eigenvalue weighted by Crippen LogP contribution is 2.46. The lowest BCUT2D eigenvalue weighted by Crippen LogP contribution is -2.25. The molecule has 0 bridgehead atoms. The summed E-state index contributed by atoms with van der Waals surface area (Å²) in [6, 6.07) is 8.42. The Balaban J connectivity index is 2.35. The Bertz CT molecular complexity index is 439. The average molecular weight is 307 g/mol. The van der Waals surface area contributed by atoms with E-state index in [0.717, 1.165) is 12.6 Å². The van der Waals surface area contributed by atoms with Gasteiger partial charge in [0.1, 0.15) is 0 Å². The van der Waals surface area contributed by atoms with Crippen LogP contribution in [0.15, 0.2) is 35.2 Å². The van der Waals surface area contributed by atoms with Gasteiger partial charge in [0.15, 0.2) is 0 Å². The zero-order chi connectivity index (χ0) is 13.4. The first-order valence-electron chi connectivity index (χ1n) is 5.53. The van der Waals surface area contributed by atoms with Gasteiger partial charge in [-0.15, -0.1) is 0 Å². The molecular weight excluding hydrogens is 289 g/mol. The molecule has 1 unspecified atom stereocenters. The second-order valence-corrected chi connectivity index (χ2v) is 9.93. The zero-order valence-corrected chi connectivity index (χ0v) is 13.0. The number of hydrogen-bond acceptors (Lipinski definition) is 4. The summed E-state index contributed by atoms with van der Waals surface area (Å²) < 4.78 is 31.3. The van der Waals surface area contributed by atoms with Crippen molar-refractivity contribution in [3.63, 3.8) is 0 Å². The van der Waals surface area contributed by atoms with Crippen molar-refractivity contribution >= 4 is 28.8 Å². The summed E-state index contributed by atoms with van der Waals surface area (Å²) in [5, 5.41) is 0. The standard InChI is InChI=1S/C11H18NO3PS2/c1-15-17-16(2)10-6-9-12-18(13,14)11-7-4-3-5-8-11/h3-5,7-8,12H,6,9-10H2,1-2H3. The number of benzene rings is 1. The highest BCUT2D eigenvalue weighted by atomic mass is 32.7. The summed E-state index contributed by atoms with van der Waals surface area (Å²) in [5.74, 6) is 0. The molecule has 0 saturated carbocycles. The lowest BCUT2D eigenvalue weighted by Gasteiger charge is -2.10. The van der Waals surface area contributed by atoms with Crippen molar-refractivity contribution in [1.82, 2.24) is 4.72 Å². The van der Waals surface area contributed by atoms with Gasteiger partial charge in [-0.2, -0.15) is 0 Å². The van der Waals surface area contributed by atoms with E-state index in [9.17, 15) is 8.42 Å². The van der Waals surface area contributed by atoms with Crippen molar-refractivity contribution in [2.75, 3.05) is 26.5 Å². The second kappa shape index (κ2) is 8.12. The van der Waals surface area contributed by atoms with E-state index < -0.39 is 10.0 Å². The molecule has 102 valence electrons. The molecule has 0 spiro atoms. The Labute approximate surface area is 114 Å². The molecule has 1 aromatic rings. The Hall–Kier alpha value is -0.130. The van der Waals surface area contributed by atoms with Crippen molar-refractivity contribution in [2.45, 2.75) is 11.3 Å². The van der Waals surface area contributed by atoms with Gasteiger partial charge in [0.25, 0.3) is 0 Å². The quantitative estimate of drug-likeness (QED) is 0.456. The molecule has 1 aromatic carbocycles. The molecule has 0 aliphatic heterocycles. The lowest BCUT2D eigenvalue weighted by atomic mass is 10.4. The number of sulfonamides is 1. The van der Waals surface area contributed by atoms with Gasteiger partial charge in [-0.1, -0.05) is 18.2 Å². The predicted octanol–water partition coefficient (Wildman–Crippen LogP) is 2.68. The van der Waals surface area contributed by atoms with Crippen LogP contribution in [-0.2, 0) is 14.2 Å². The van der Waals surface area contributed by atoms with Crippen LogP contribution in [0.25, 0.3) is 0 Å². The average Bonchev–Trinajstić information content (AvgIpc) is 2.36. The summed E-state index contributed by atoms with van der Waals surface area (Å²) in [5.41, 5.74) is 0. The molecule has 0 aromatic heterocycles. The SMILES string of the molecule is COSP(C)CCCNS(=O)(=O)c1ccccc1. The van der Waals surface area contributed by atoms with Crippen LogP contribution in [-0.4, -0.2) is 34.9 Å². The first-order chi connectivity index (χ1) is 8.56. The van der Waals surface area contributed by atoms with E-state index in [1.54, 1.807) is 37.4 Å². The Morgan fingerprint density at radius 2 is 2.00 bits per heavy atom. The van der Waals surface area contributed by atoms with E-state index in [1.165, 1.54) is 11.7 Å². The van der Waals surface area contributed by atoms with E-state index in [-0.39, 0.29) is 7.12 Å². The van der Waals surface area contributed by atoms with Gasteiger partial charge in [0.2, 0.25) is 10.0 Å². The molecule has 0 fully saturated rings. The number of nitrogens with one attached hydrogen (secondary N) is 1. The van der Waals surface area contributed by atoms with Crippen LogP contribution in [0.5, 0.6) is 0 Å². The van der Waals surface area contributed by atoms with Crippen LogP contribution in [0.2, 0.25) is 0 Å². The maximum Gasteiger partial charge on any atom is 0.240 e. The first-order valence-corrected chi connectivity index (χ1v) is 10.3. The molecule has 18 heavy (non-hydrogen) atoms. The van der Waals surface area contributed by atoms with Crippen molar-refractivity contribution in [2.24, 2.45) is 0 Å². The predicted molar refractivity (Wildman–Crippen MR) is 78.6 cm³/mol. The molecule has 0 aliphatic rings. The zero-order valence-electron chi connectivity index (χ0n) is 10.5. The fourth-order valence-corrected chi connectivity index (χ4v) is 4.76. The number of hydrogen-bond donors (Lipinski definition) is 1. The third kappa shape index (κ3) is 5.67. The molecule has 0 aliphatic carbocycles. The number of rotatable bonds is 8. The third-order valence-corrected chi connectivity index (χ3v) is 6.78. The minimum atomic E-state index is -3.35. The molecule has 1 atom stereocenters. The van der Waals surface area contributed by atoms with Gasteiger partial charge in [0.05, 0.1) is 12.0 Å². The van der Waals surface area contributed by atoms with Crippen LogP contribution in [0, 0.1) is 0 Å². The largest absolute Gasteiger partial charge is 0.314 e. The van der Waals surface area contributed by atoms with E-state index in [1.807, 2.05) is 0 Å². The van der Waals surface area contributed by atoms with Gasteiger partial charge in [-0.3, -0.25) is 0 Å². The van der Waals surface area contributed by atoms with Gasteiger partial charge >= 0.3 is 0 Å². The fraction of sp³-hybridized carbons (Fsp3) is 0.455. The molecular formula is C11H18NO3PS2. The molecule has 4 nitrogen and oxygen atoms in total. The van der Waals surface area contributed by atoms with Crippen molar-refractivity contribution in [1.29, 1.82) is 0 Å². The molecule has 0 radical (unpaired) electrons.